The lowest BCUT2D eigenvalue weighted by Crippen LogP contribution is -2.45. The molecular formula is C17H20FN5O2S. The van der Waals surface area contributed by atoms with Crippen molar-refractivity contribution in [2.45, 2.75) is 49.6 Å². The Labute approximate surface area is 154 Å². The SMILES string of the molecule is C[C@H](Sc1nnc2n1CCCCC2)C(=O)NNC(=O)c1ccc(F)cc1. The van der Waals surface area contributed by atoms with Crippen molar-refractivity contribution < 1.29 is 14.0 Å². The molecule has 1 aliphatic heterocycles. The number of nitrogens with zero attached hydrogens (tertiary/aromatic N) is 3. The number of halogens is 1. The number of carbonyl (C=O) groups is 2. The van der Waals surface area contributed by atoms with Gasteiger partial charge in [0.25, 0.3) is 11.8 Å². The fourth-order valence-corrected chi connectivity index (χ4v) is 3.54. The van der Waals surface area contributed by atoms with Gasteiger partial charge in [-0.25, -0.2) is 4.39 Å². The van der Waals surface area contributed by atoms with Crippen LogP contribution in [-0.4, -0.2) is 31.8 Å². The van der Waals surface area contributed by atoms with Crippen molar-refractivity contribution >= 4 is 23.6 Å². The van der Waals surface area contributed by atoms with Crippen LogP contribution >= 0.6 is 11.8 Å². The summed E-state index contributed by atoms with van der Waals surface area (Å²) in [4.78, 5) is 24.2. The lowest BCUT2D eigenvalue weighted by atomic mass is 10.2. The second-order valence-corrected chi connectivity index (χ2v) is 7.38. The summed E-state index contributed by atoms with van der Waals surface area (Å²) in [6.45, 7) is 2.60. The number of nitrogens with one attached hydrogen (secondary N) is 2. The Hall–Kier alpha value is -2.42. The second-order valence-electron chi connectivity index (χ2n) is 6.07. The highest BCUT2D eigenvalue weighted by Gasteiger charge is 2.21. The Morgan fingerprint density at radius 3 is 2.69 bits per heavy atom. The van der Waals surface area contributed by atoms with Gasteiger partial charge in [0.05, 0.1) is 5.25 Å². The van der Waals surface area contributed by atoms with Crippen LogP contribution in [0.2, 0.25) is 0 Å². The van der Waals surface area contributed by atoms with Crippen molar-refractivity contribution in [3.05, 3.63) is 41.5 Å². The standard InChI is InChI=1S/C17H20FN5O2S/c1-11(26-17-22-19-14-5-3-2-4-10-23(14)17)15(24)20-21-16(25)12-6-8-13(18)9-7-12/h6-9,11H,2-5,10H2,1H3,(H,20,24)(H,21,25)/t11-/m0/s1. The first kappa shape index (κ1) is 18.4. The molecule has 0 saturated carbocycles. The minimum Gasteiger partial charge on any atom is -0.306 e. The Morgan fingerprint density at radius 2 is 1.92 bits per heavy atom. The molecule has 26 heavy (non-hydrogen) atoms. The molecule has 1 aromatic heterocycles. The summed E-state index contributed by atoms with van der Waals surface area (Å²) in [5.74, 6) is -0.325. The van der Waals surface area contributed by atoms with Gasteiger partial charge in [-0.3, -0.25) is 20.4 Å². The third-order valence-corrected chi connectivity index (χ3v) is 5.21. The summed E-state index contributed by atoms with van der Waals surface area (Å²) in [6, 6.07) is 5.07. The molecule has 3 rings (SSSR count). The molecule has 2 N–H and O–H groups in total. The van der Waals surface area contributed by atoms with E-state index in [2.05, 4.69) is 25.6 Å². The predicted octanol–water partition coefficient (Wildman–Crippen LogP) is 2.09. The molecule has 7 nitrogen and oxygen atoms in total. The number of aromatic nitrogens is 3. The molecule has 2 heterocycles. The first-order valence-corrected chi connectivity index (χ1v) is 9.37. The third kappa shape index (κ3) is 4.40. The Bertz CT molecular complexity index is 793. The van der Waals surface area contributed by atoms with Crippen molar-refractivity contribution in [3.8, 4) is 0 Å². The number of thioether (sulfide) groups is 1. The first-order valence-electron chi connectivity index (χ1n) is 8.49. The summed E-state index contributed by atoms with van der Waals surface area (Å²) in [5.41, 5.74) is 4.98. The van der Waals surface area contributed by atoms with Crippen LogP contribution in [0.3, 0.4) is 0 Å². The number of fused-ring (bicyclic) bond motifs is 1. The zero-order valence-corrected chi connectivity index (χ0v) is 15.2. The van der Waals surface area contributed by atoms with Crippen molar-refractivity contribution in [2.24, 2.45) is 0 Å². The van der Waals surface area contributed by atoms with Crippen molar-refractivity contribution in [2.75, 3.05) is 0 Å². The molecule has 1 aliphatic rings. The maximum absolute atomic E-state index is 12.9. The Balaban J connectivity index is 1.54. The van der Waals surface area contributed by atoms with Crippen LogP contribution in [0.1, 0.15) is 42.4 Å². The topological polar surface area (TPSA) is 88.9 Å². The van der Waals surface area contributed by atoms with Gasteiger partial charge in [0.15, 0.2) is 5.16 Å². The molecule has 0 unspecified atom stereocenters. The van der Waals surface area contributed by atoms with Crippen LogP contribution in [0.25, 0.3) is 0 Å². The number of aryl methyl sites for hydroxylation is 1. The summed E-state index contributed by atoms with van der Waals surface area (Å²) in [5, 5.41) is 8.65. The van der Waals surface area contributed by atoms with E-state index in [4.69, 9.17) is 0 Å². The van der Waals surface area contributed by atoms with Crippen LogP contribution in [0.15, 0.2) is 29.4 Å². The van der Waals surface area contributed by atoms with Gasteiger partial charge in [-0.1, -0.05) is 18.2 Å². The number of rotatable bonds is 4. The second kappa shape index (κ2) is 8.31. The quantitative estimate of drug-likeness (QED) is 0.629. The molecule has 138 valence electrons. The fourth-order valence-electron chi connectivity index (χ4n) is 2.65. The molecule has 2 aromatic rings. The highest BCUT2D eigenvalue weighted by atomic mass is 32.2. The zero-order valence-electron chi connectivity index (χ0n) is 14.4. The summed E-state index contributed by atoms with van der Waals surface area (Å²) in [6.07, 6.45) is 4.25. The van der Waals surface area contributed by atoms with Crippen molar-refractivity contribution in [3.63, 3.8) is 0 Å². The average Bonchev–Trinajstić information content (AvgIpc) is 2.86. The molecular weight excluding hydrogens is 357 g/mol. The number of carbonyl (C=O) groups excluding carboxylic acids is 2. The summed E-state index contributed by atoms with van der Waals surface area (Å²) >= 11 is 1.31. The van der Waals surface area contributed by atoms with Gasteiger partial charge < -0.3 is 4.57 Å². The summed E-state index contributed by atoms with van der Waals surface area (Å²) < 4.78 is 14.9. The first-order chi connectivity index (χ1) is 12.5. The number of amides is 2. The highest BCUT2D eigenvalue weighted by molar-refractivity contribution is 8.00. The van der Waals surface area contributed by atoms with Gasteiger partial charge in [-0.05, 0) is 44.0 Å². The van der Waals surface area contributed by atoms with Gasteiger partial charge in [-0.15, -0.1) is 10.2 Å². The van der Waals surface area contributed by atoms with E-state index in [0.29, 0.717) is 0 Å². The third-order valence-electron chi connectivity index (χ3n) is 4.13. The molecule has 0 radical (unpaired) electrons. The van der Waals surface area contributed by atoms with E-state index < -0.39 is 17.0 Å². The van der Waals surface area contributed by atoms with E-state index >= 15 is 0 Å². The maximum atomic E-state index is 12.9. The number of hydrogen-bond donors (Lipinski definition) is 2. The average molecular weight is 377 g/mol. The van der Waals surface area contributed by atoms with E-state index in [-0.39, 0.29) is 11.5 Å². The van der Waals surface area contributed by atoms with Crippen LogP contribution in [0.5, 0.6) is 0 Å². The van der Waals surface area contributed by atoms with Crippen LogP contribution in [0.4, 0.5) is 4.39 Å². The number of hydrazine groups is 1. The van der Waals surface area contributed by atoms with Crippen LogP contribution in [0, 0.1) is 5.82 Å². The minimum absolute atomic E-state index is 0.259. The van der Waals surface area contributed by atoms with Crippen molar-refractivity contribution in [1.29, 1.82) is 0 Å². The largest absolute Gasteiger partial charge is 0.306 e. The van der Waals surface area contributed by atoms with Gasteiger partial charge in [0.2, 0.25) is 0 Å². The van der Waals surface area contributed by atoms with Crippen LogP contribution < -0.4 is 10.9 Å². The molecule has 0 saturated heterocycles. The Kier molecular flexibility index (Phi) is 5.87. The lowest BCUT2D eigenvalue weighted by Gasteiger charge is -2.13. The predicted molar refractivity (Wildman–Crippen MR) is 94.9 cm³/mol. The van der Waals surface area contributed by atoms with Crippen LogP contribution in [-0.2, 0) is 17.8 Å². The normalized spacial score (nSPS) is 14.8. The zero-order chi connectivity index (χ0) is 18.5. The molecule has 0 spiro atoms. The molecule has 2 amide bonds. The Morgan fingerprint density at radius 1 is 1.15 bits per heavy atom. The number of benzene rings is 1. The van der Waals surface area contributed by atoms with Gasteiger partial charge >= 0.3 is 0 Å². The highest BCUT2D eigenvalue weighted by Crippen LogP contribution is 2.25. The lowest BCUT2D eigenvalue weighted by molar-refractivity contribution is -0.121. The molecule has 0 fully saturated rings. The smallest absolute Gasteiger partial charge is 0.269 e. The van der Waals surface area contributed by atoms with Gasteiger partial charge in [0.1, 0.15) is 11.6 Å². The van der Waals surface area contributed by atoms with E-state index in [1.807, 2.05) is 0 Å². The fraction of sp³-hybridized carbons (Fsp3) is 0.412. The maximum Gasteiger partial charge on any atom is 0.269 e. The van der Waals surface area contributed by atoms with E-state index in [1.165, 1.54) is 42.4 Å². The molecule has 0 bridgehead atoms. The number of hydrogen-bond acceptors (Lipinski definition) is 5. The van der Waals surface area contributed by atoms with Gasteiger partial charge in [-0.2, -0.15) is 0 Å². The molecule has 1 aromatic carbocycles. The monoisotopic (exact) mass is 377 g/mol. The van der Waals surface area contributed by atoms with Gasteiger partial charge in [0, 0.05) is 18.5 Å². The summed E-state index contributed by atoms with van der Waals surface area (Å²) in [7, 11) is 0. The molecule has 9 heteroatoms. The minimum atomic E-state index is -0.508. The molecule has 1 atom stereocenters. The van der Waals surface area contributed by atoms with E-state index in [1.54, 1.807) is 6.92 Å². The van der Waals surface area contributed by atoms with E-state index in [9.17, 15) is 14.0 Å². The molecule has 0 aliphatic carbocycles. The van der Waals surface area contributed by atoms with E-state index in [0.717, 1.165) is 36.8 Å². The van der Waals surface area contributed by atoms with Crippen molar-refractivity contribution in [1.82, 2.24) is 25.6 Å².